The minimum absolute atomic E-state index is 0.188. The fourth-order valence-corrected chi connectivity index (χ4v) is 3.08. The minimum Gasteiger partial charge on any atom is -0.494 e. The molecule has 4 heteroatoms. The Morgan fingerprint density at radius 3 is 2.38 bits per heavy atom. The lowest BCUT2D eigenvalue weighted by molar-refractivity contribution is -0.152. The Bertz CT molecular complexity index is 527. The second-order valence-electron chi connectivity index (χ2n) is 6.90. The summed E-state index contributed by atoms with van der Waals surface area (Å²) < 4.78 is 18.7. The number of carboxylic acid groups (broad SMARTS) is 1. The molecule has 0 spiro atoms. The number of halogens is 1. The van der Waals surface area contributed by atoms with E-state index in [0.29, 0.717) is 19.3 Å². The van der Waals surface area contributed by atoms with Crippen molar-refractivity contribution in [3.05, 3.63) is 29.6 Å². The van der Waals surface area contributed by atoms with Gasteiger partial charge in [-0.3, -0.25) is 4.79 Å². The van der Waals surface area contributed by atoms with Crippen molar-refractivity contribution in [1.29, 1.82) is 0 Å². The molecule has 0 heterocycles. The van der Waals surface area contributed by atoms with Crippen LogP contribution >= 0.6 is 0 Å². The van der Waals surface area contributed by atoms with E-state index < -0.39 is 17.2 Å². The molecule has 1 fully saturated rings. The molecule has 0 radical (unpaired) electrons. The lowest BCUT2D eigenvalue weighted by Crippen LogP contribution is -2.39. The van der Waals surface area contributed by atoms with Crippen LogP contribution in [0.15, 0.2) is 18.2 Å². The Balaban J connectivity index is 2.21. The second-order valence-corrected chi connectivity index (χ2v) is 6.90. The number of rotatable bonds is 4. The average molecular weight is 294 g/mol. The van der Waals surface area contributed by atoms with Gasteiger partial charge in [-0.05, 0) is 55.2 Å². The zero-order valence-corrected chi connectivity index (χ0v) is 12.9. The summed E-state index contributed by atoms with van der Waals surface area (Å²) >= 11 is 0. The third kappa shape index (κ3) is 3.36. The van der Waals surface area contributed by atoms with Gasteiger partial charge in [0.1, 0.15) is 0 Å². The summed E-state index contributed by atoms with van der Waals surface area (Å²) in [5.74, 6) is -1.02. The Morgan fingerprint density at radius 1 is 1.29 bits per heavy atom. The van der Waals surface area contributed by atoms with E-state index in [1.165, 1.54) is 13.2 Å². The SMILES string of the molecule is COc1ccc(CC2(C(=O)O)CCC(C)(C)CC2)cc1F. The first-order valence-corrected chi connectivity index (χ1v) is 7.34. The molecule has 0 bridgehead atoms. The monoisotopic (exact) mass is 294 g/mol. The van der Waals surface area contributed by atoms with Gasteiger partial charge in [-0.1, -0.05) is 19.9 Å². The molecule has 0 aromatic heterocycles. The van der Waals surface area contributed by atoms with Gasteiger partial charge in [0.25, 0.3) is 0 Å². The smallest absolute Gasteiger partial charge is 0.309 e. The number of methoxy groups -OCH3 is 1. The highest BCUT2D eigenvalue weighted by Crippen LogP contribution is 2.47. The number of carbonyl (C=O) groups is 1. The minimum atomic E-state index is -0.769. The summed E-state index contributed by atoms with van der Waals surface area (Å²) in [6.07, 6.45) is 3.43. The summed E-state index contributed by atoms with van der Waals surface area (Å²) in [7, 11) is 1.42. The van der Waals surface area contributed by atoms with E-state index in [9.17, 15) is 14.3 Å². The third-order valence-corrected chi connectivity index (χ3v) is 4.77. The van der Waals surface area contributed by atoms with E-state index in [1.54, 1.807) is 12.1 Å². The molecule has 1 aromatic carbocycles. The molecule has 21 heavy (non-hydrogen) atoms. The van der Waals surface area contributed by atoms with Gasteiger partial charge in [0, 0.05) is 0 Å². The van der Waals surface area contributed by atoms with Gasteiger partial charge in [-0.15, -0.1) is 0 Å². The first kappa shape index (κ1) is 15.8. The predicted molar refractivity (Wildman–Crippen MR) is 79.0 cm³/mol. The Hall–Kier alpha value is -1.58. The molecule has 1 aliphatic carbocycles. The van der Waals surface area contributed by atoms with Crippen molar-refractivity contribution in [2.24, 2.45) is 10.8 Å². The van der Waals surface area contributed by atoms with Crippen LogP contribution in [0, 0.1) is 16.6 Å². The van der Waals surface area contributed by atoms with E-state index in [0.717, 1.165) is 18.4 Å². The van der Waals surface area contributed by atoms with E-state index in [2.05, 4.69) is 13.8 Å². The molecule has 0 aliphatic heterocycles. The highest BCUT2D eigenvalue weighted by molar-refractivity contribution is 5.75. The van der Waals surface area contributed by atoms with E-state index >= 15 is 0 Å². The van der Waals surface area contributed by atoms with Gasteiger partial charge >= 0.3 is 5.97 Å². The van der Waals surface area contributed by atoms with Crippen molar-refractivity contribution in [3.63, 3.8) is 0 Å². The molecule has 116 valence electrons. The highest BCUT2D eigenvalue weighted by Gasteiger charge is 2.44. The number of carboxylic acids is 1. The molecular formula is C17H23FO3. The maximum absolute atomic E-state index is 13.8. The van der Waals surface area contributed by atoms with Crippen molar-refractivity contribution in [1.82, 2.24) is 0 Å². The van der Waals surface area contributed by atoms with Crippen molar-refractivity contribution in [2.45, 2.75) is 46.0 Å². The van der Waals surface area contributed by atoms with Crippen LogP contribution in [0.1, 0.15) is 45.1 Å². The number of hydrogen-bond acceptors (Lipinski definition) is 2. The summed E-state index contributed by atoms with van der Waals surface area (Å²) in [6.45, 7) is 4.34. The quantitative estimate of drug-likeness (QED) is 0.911. The van der Waals surface area contributed by atoms with Crippen molar-refractivity contribution < 1.29 is 19.0 Å². The molecular weight excluding hydrogens is 271 g/mol. The first-order valence-electron chi connectivity index (χ1n) is 7.34. The third-order valence-electron chi connectivity index (χ3n) is 4.77. The van der Waals surface area contributed by atoms with Crippen LogP contribution in [0.5, 0.6) is 5.75 Å². The molecule has 2 rings (SSSR count). The molecule has 0 unspecified atom stereocenters. The largest absolute Gasteiger partial charge is 0.494 e. The maximum Gasteiger partial charge on any atom is 0.309 e. The second kappa shape index (κ2) is 5.66. The molecule has 0 saturated heterocycles. The average Bonchev–Trinajstić information content (AvgIpc) is 2.41. The summed E-state index contributed by atoms with van der Waals surface area (Å²) in [5, 5.41) is 9.67. The molecule has 1 N–H and O–H groups in total. The Labute approximate surface area is 125 Å². The van der Waals surface area contributed by atoms with Gasteiger partial charge in [0.2, 0.25) is 0 Å². The van der Waals surface area contributed by atoms with Crippen molar-refractivity contribution >= 4 is 5.97 Å². The van der Waals surface area contributed by atoms with Gasteiger partial charge in [0.05, 0.1) is 12.5 Å². The Kier molecular flexibility index (Phi) is 4.26. The summed E-state index contributed by atoms with van der Waals surface area (Å²) in [4.78, 5) is 11.8. The highest BCUT2D eigenvalue weighted by atomic mass is 19.1. The molecule has 1 saturated carbocycles. The van der Waals surface area contributed by atoms with E-state index in [1.807, 2.05) is 0 Å². The maximum atomic E-state index is 13.8. The summed E-state index contributed by atoms with van der Waals surface area (Å²) in [6, 6.07) is 4.71. The molecule has 1 aliphatic rings. The number of benzene rings is 1. The van der Waals surface area contributed by atoms with Crippen LogP contribution < -0.4 is 4.74 Å². The Morgan fingerprint density at radius 2 is 1.90 bits per heavy atom. The number of hydrogen-bond donors (Lipinski definition) is 1. The van der Waals surface area contributed by atoms with Crippen LogP contribution in [0.4, 0.5) is 4.39 Å². The van der Waals surface area contributed by atoms with Crippen LogP contribution in [-0.2, 0) is 11.2 Å². The van der Waals surface area contributed by atoms with E-state index in [-0.39, 0.29) is 11.2 Å². The molecule has 0 atom stereocenters. The molecule has 3 nitrogen and oxygen atoms in total. The standard InChI is InChI=1S/C17H23FO3/c1-16(2)6-8-17(9-7-16,15(19)20)11-12-4-5-14(21-3)13(18)10-12/h4-5,10H,6-9,11H2,1-3H3,(H,19,20). The van der Waals surface area contributed by atoms with E-state index in [4.69, 9.17) is 4.74 Å². The van der Waals surface area contributed by atoms with Crippen LogP contribution in [0.2, 0.25) is 0 Å². The first-order chi connectivity index (χ1) is 9.78. The van der Waals surface area contributed by atoms with Gasteiger partial charge in [-0.2, -0.15) is 0 Å². The number of aliphatic carboxylic acids is 1. The molecule has 1 aromatic rings. The lowest BCUT2D eigenvalue weighted by Gasteiger charge is -2.41. The van der Waals surface area contributed by atoms with Crippen LogP contribution in [0.25, 0.3) is 0 Å². The topological polar surface area (TPSA) is 46.5 Å². The molecule has 0 amide bonds. The number of ether oxygens (including phenoxy) is 1. The zero-order valence-electron chi connectivity index (χ0n) is 12.9. The fraction of sp³-hybridized carbons (Fsp3) is 0.588. The summed E-state index contributed by atoms with van der Waals surface area (Å²) in [5.41, 5.74) is 0.149. The predicted octanol–water partition coefficient (Wildman–Crippen LogP) is 4.05. The lowest BCUT2D eigenvalue weighted by atomic mass is 9.63. The van der Waals surface area contributed by atoms with Crippen molar-refractivity contribution in [2.75, 3.05) is 7.11 Å². The van der Waals surface area contributed by atoms with Crippen LogP contribution in [-0.4, -0.2) is 18.2 Å². The fourth-order valence-electron chi connectivity index (χ4n) is 3.08. The van der Waals surface area contributed by atoms with Gasteiger partial charge in [-0.25, -0.2) is 4.39 Å². The van der Waals surface area contributed by atoms with Gasteiger partial charge < -0.3 is 9.84 Å². The zero-order chi connectivity index (χ0) is 15.7. The van der Waals surface area contributed by atoms with Crippen molar-refractivity contribution in [3.8, 4) is 5.75 Å². The van der Waals surface area contributed by atoms with Gasteiger partial charge in [0.15, 0.2) is 11.6 Å². The van der Waals surface area contributed by atoms with Crippen LogP contribution in [0.3, 0.4) is 0 Å². The normalized spacial score (nSPS) is 20.0.